The molecular formula is C14H17ClN2O5S. The van der Waals surface area contributed by atoms with Gasteiger partial charge in [-0.1, -0.05) is 11.6 Å². The Balaban J connectivity index is 2.05. The summed E-state index contributed by atoms with van der Waals surface area (Å²) in [6.07, 6.45) is 2.92. The first-order chi connectivity index (χ1) is 10.8. The van der Waals surface area contributed by atoms with Crippen molar-refractivity contribution in [3.8, 4) is 0 Å². The van der Waals surface area contributed by atoms with Gasteiger partial charge in [0.05, 0.1) is 22.0 Å². The lowest BCUT2D eigenvalue weighted by molar-refractivity contribution is -0.130. The lowest BCUT2D eigenvalue weighted by atomic mass is 10.1. The summed E-state index contributed by atoms with van der Waals surface area (Å²) in [4.78, 5) is 24.3. The molecule has 23 heavy (non-hydrogen) atoms. The molecule has 0 aliphatic carbocycles. The Morgan fingerprint density at radius 2 is 1.87 bits per heavy atom. The fourth-order valence-corrected chi connectivity index (χ4v) is 3.66. The third-order valence-corrected chi connectivity index (χ3v) is 5.32. The first kappa shape index (κ1) is 17.7. The van der Waals surface area contributed by atoms with Crippen LogP contribution in [0.25, 0.3) is 0 Å². The molecule has 0 aromatic heterocycles. The second kappa shape index (κ2) is 7.29. The molecule has 0 atom stereocenters. The highest BCUT2D eigenvalue weighted by Crippen LogP contribution is 2.20. The molecule has 9 heteroatoms. The summed E-state index contributed by atoms with van der Waals surface area (Å²) in [5.74, 6) is -1.52. The number of nitrogens with zero attached hydrogens (tertiary/aromatic N) is 1. The van der Waals surface area contributed by atoms with Crippen LogP contribution in [0.15, 0.2) is 23.1 Å². The average Bonchev–Trinajstić information content (AvgIpc) is 2.53. The zero-order valence-corrected chi connectivity index (χ0v) is 13.9. The maximum absolute atomic E-state index is 12.2. The van der Waals surface area contributed by atoms with Gasteiger partial charge < -0.3 is 10.0 Å². The van der Waals surface area contributed by atoms with Crippen molar-refractivity contribution in [2.75, 3.05) is 19.6 Å². The molecule has 1 aromatic carbocycles. The summed E-state index contributed by atoms with van der Waals surface area (Å²) in [6.45, 7) is 0.944. The molecule has 0 radical (unpaired) electrons. The molecule has 1 heterocycles. The Morgan fingerprint density at radius 3 is 2.43 bits per heavy atom. The highest BCUT2D eigenvalue weighted by molar-refractivity contribution is 7.89. The second-order valence-electron chi connectivity index (χ2n) is 5.21. The number of amides is 1. The number of carbonyl (C=O) groups excluding carboxylic acids is 1. The molecule has 1 aliphatic rings. The molecule has 0 bridgehead atoms. The minimum Gasteiger partial charge on any atom is -0.478 e. The van der Waals surface area contributed by atoms with Crippen molar-refractivity contribution < 1.29 is 23.1 Å². The Kier molecular flexibility index (Phi) is 5.61. The molecule has 1 aromatic rings. The number of aromatic carboxylic acids is 1. The minimum atomic E-state index is -3.93. The van der Waals surface area contributed by atoms with Crippen LogP contribution in [0.1, 0.15) is 29.6 Å². The fourth-order valence-electron chi connectivity index (χ4n) is 2.33. The molecule has 1 aliphatic heterocycles. The van der Waals surface area contributed by atoms with Gasteiger partial charge in [0.2, 0.25) is 15.9 Å². The summed E-state index contributed by atoms with van der Waals surface area (Å²) in [5.41, 5.74) is -0.185. The van der Waals surface area contributed by atoms with E-state index in [0.717, 1.165) is 37.5 Å². The summed E-state index contributed by atoms with van der Waals surface area (Å²) >= 11 is 5.77. The molecule has 2 rings (SSSR count). The SMILES string of the molecule is O=C(O)c1ccc(S(=O)(=O)NCC(=O)N2CCCCC2)cc1Cl. The van der Waals surface area contributed by atoms with Crippen LogP contribution in [0.2, 0.25) is 5.02 Å². The van der Waals surface area contributed by atoms with Crippen LogP contribution in [-0.4, -0.2) is 49.9 Å². The predicted octanol–water partition coefficient (Wildman–Crippen LogP) is 1.33. The Morgan fingerprint density at radius 1 is 1.22 bits per heavy atom. The van der Waals surface area contributed by atoms with E-state index in [1.54, 1.807) is 4.90 Å². The molecule has 0 spiro atoms. The highest BCUT2D eigenvalue weighted by Gasteiger charge is 2.21. The van der Waals surface area contributed by atoms with E-state index in [9.17, 15) is 18.0 Å². The van der Waals surface area contributed by atoms with Crippen molar-refractivity contribution >= 4 is 33.5 Å². The molecule has 0 unspecified atom stereocenters. The number of hydrogen-bond donors (Lipinski definition) is 2. The molecule has 7 nitrogen and oxygen atoms in total. The molecule has 1 fully saturated rings. The quantitative estimate of drug-likeness (QED) is 0.824. The van der Waals surface area contributed by atoms with E-state index in [0.29, 0.717) is 13.1 Å². The van der Waals surface area contributed by atoms with Crippen LogP contribution >= 0.6 is 11.6 Å². The van der Waals surface area contributed by atoms with E-state index in [-0.39, 0.29) is 27.9 Å². The zero-order valence-electron chi connectivity index (χ0n) is 12.3. The van der Waals surface area contributed by atoms with Crippen LogP contribution < -0.4 is 4.72 Å². The monoisotopic (exact) mass is 360 g/mol. The Hall–Kier alpha value is -1.64. The number of piperidine rings is 1. The minimum absolute atomic E-state index is 0.178. The van der Waals surface area contributed by atoms with Gasteiger partial charge in [-0.05, 0) is 37.5 Å². The number of halogens is 1. The van der Waals surface area contributed by atoms with Gasteiger partial charge in [-0.25, -0.2) is 17.9 Å². The van der Waals surface area contributed by atoms with Gasteiger partial charge in [0, 0.05) is 13.1 Å². The summed E-state index contributed by atoms with van der Waals surface area (Å²) in [7, 11) is -3.93. The zero-order chi connectivity index (χ0) is 17.0. The number of hydrogen-bond acceptors (Lipinski definition) is 4. The van der Waals surface area contributed by atoms with Gasteiger partial charge in [-0.2, -0.15) is 0 Å². The lowest BCUT2D eigenvalue weighted by Crippen LogP contribution is -2.42. The second-order valence-corrected chi connectivity index (χ2v) is 7.39. The Labute approximate surface area is 139 Å². The van der Waals surface area contributed by atoms with Crippen molar-refractivity contribution in [1.29, 1.82) is 0 Å². The van der Waals surface area contributed by atoms with Gasteiger partial charge >= 0.3 is 5.97 Å². The van der Waals surface area contributed by atoms with Gasteiger partial charge in [-0.3, -0.25) is 4.79 Å². The average molecular weight is 361 g/mol. The maximum Gasteiger partial charge on any atom is 0.337 e. The van der Waals surface area contributed by atoms with Crippen LogP contribution in [0.3, 0.4) is 0 Å². The number of carbonyl (C=O) groups is 2. The third-order valence-electron chi connectivity index (χ3n) is 3.60. The van der Waals surface area contributed by atoms with Crippen LogP contribution in [0.4, 0.5) is 0 Å². The number of carboxylic acids is 1. The maximum atomic E-state index is 12.2. The van der Waals surface area contributed by atoms with Crippen molar-refractivity contribution in [2.24, 2.45) is 0 Å². The van der Waals surface area contributed by atoms with Crippen molar-refractivity contribution in [3.63, 3.8) is 0 Å². The van der Waals surface area contributed by atoms with Crippen LogP contribution in [0.5, 0.6) is 0 Å². The van der Waals surface area contributed by atoms with E-state index < -0.39 is 16.0 Å². The smallest absolute Gasteiger partial charge is 0.337 e. The lowest BCUT2D eigenvalue weighted by Gasteiger charge is -2.26. The molecule has 0 saturated carbocycles. The number of rotatable bonds is 5. The van der Waals surface area contributed by atoms with Crippen molar-refractivity contribution in [2.45, 2.75) is 24.2 Å². The van der Waals surface area contributed by atoms with Gasteiger partial charge in [0.15, 0.2) is 0 Å². The molecule has 1 saturated heterocycles. The molecule has 1 amide bonds. The van der Waals surface area contributed by atoms with Crippen molar-refractivity contribution in [3.05, 3.63) is 28.8 Å². The van der Waals surface area contributed by atoms with E-state index in [1.165, 1.54) is 0 Å². The number of benzene rings is 1. The number of carboxylic acid groups (broad SMARTS) is 1. The third kappa shape index (κ3) is 4.43. The number of sulfonamides is 1. The molecule has 126 valence electrons. The van der Waals surface area contributed by atoms with Crippen LogP contribution in [0, 0.1) is 0 Å². The summed E-state index contributed by atoms with van der Waals surface area (Å²) in [5, 5.41) is 8.70. The largest absolute Gasteiger partial charge is 0.478 e. The molecular weight excluding hydrogens is 344 g/mol. The number of nitrogens with one attached hydrogen (secondary N) is 1. The summed E-state index contributed by atoms with van der Waals surface area (Å²) < 4.78 is 26.6. The molecule has 2 N–H and O–H groups in total. The van der Waals surface area contributed by atoms with E-state index in [4.69, 9.17) is 16.7 Å². The van der Waals surface area contributed by atoms with E-state index in [2.05, 4.69) is 4.72 Å². The predicted molar refractivity (Wildman–Crippen MR) is 84.0 cm³/mol. The van der Waals surface area contributed by atoms with Gasteiger partial charge in [-0.15, -0.1) is 0 Å². The van der Waals surface area contributed by atoms with Gasteiger partial charge in [0.25, 0.3) is 0 Å². The summed E-state index contributed by atoms with van der Waals surface area (Å²) in [6, 6.07) is 3.31. The first-order valence-electron chi connectivity index (χ1n) is 7.11. The number of likely N-dealkylation sites (tertiary alicyclic amines) is 1. The highest BCUT2D eigenvalue weighted by atomic mass is 35.5. The van der Waals surface area contributed by atoms with E-state index >= 15 is 0 Å². The van der Waals surface area contributed by atoms with Crippen molar-refractivity contribution in [1.82, 2.24) is 9.62 Å². The topological polar surface area (TPSA) is 104 Å². The fraction of sp³-hybridized carbons (Fsp3) is 0.429. The normalized spacial score (nSPS) is 15.4. The first-order valence-corrected chi connectivity index (χ1v) is 8.97. The Bertz CT molecular complexity index is 714. The van der Waals surface area contributed by atoms with E-state index in [1.807, 2.05) is 0 Å². The van der Waals surface area contributed by atoms with Gasteiger partial charge in [0.1, 0.15) is 0 Å². The standard InChI is InChI=1S/C14H17ClN2O5S/c15-12-8-10(4-5-11(12)14(19)20)23(21,22)16-9-13(18)17-6-2-1-3-7-17/h4-5,8,16H,1-3,6-7,9H2,(H,19,20). The van der Waals surface area contributed by atoms with Crippen LogP contribution in [-0.2, 0) is 14.8 Å².